The molecule has 2 amide bonds. The Bertz CT molecular complexity index is 1370. The van der Waals surface area contributed by atoms with Crippen molar-refractivity contribution in [3.05, 3.63) is 48.4 Å². The number of para-hydroxylation sites is 1. The molecule has 198 valence electrons. The van der Waals surface area contributed by atoms with E-state index in [1.165, 1.54) is 6.20 Å². The van der Waals surface area contributed by atoms with Crippen LogP contribution in [0.15, 0.2) is 42.9 Å². The van der Waals surface area contributed by atoms with E-state index in [-0.39, 0.29) is 23.4 Å². The summed E-state index contributed by atoms with van der Waals surface area (Å²) in [5.74, 6) is -0.393. The van der Waals surface area contributed by atoms with Crippen LogP contribution < -0.4 is 21.1 Å². The first kappa shape index (κ1) is 24.4. The third-order valence-corrected chi connectivity index (χ3v) is 7.38. The number of amides is 2. The number of rotatable bonds is 8. The Kier molecular flexibility index (Phi) is 6.24. The number of primary amides is 1. The van der Waals surface area contributed by atoms with Crippen LogP contribution >= 0.6 is 0 Å². The zero-order valence-corrected chi connectivity index (χ0v) is 21.1. The Hall–Kier alpha value is -3.96. The number of aromatic nitrogens is 3. The Balaban J connectivity index is 1.30. The minimum Gasteiger partial charge on any atom is -0.494 e. The number of ether oxygens (including phenoxy) is 3. The van der Waals surface area contributed by atoms with Gasteiger partial charge in [0, 0.05) is 41.9 Å². The van der Waals surface area contributed by atoms with Crippen LogP contribution in [-0.4, -0.2) is 52.7 Å². The molecule has 38 heavy (non-hydrogen) atoms. The molecule has 3 fully saturated rings. The molecule has 6 rings (SSSR count). The molecule has 11 heteroatoms. The second-order valence-electron chi connectivity index (χ2n) is 9.88. The van der Waals surface area contributed by atoms with Gasteiger partial charge >= 0.3 is 0 Å². The summed E-state index contributed by atoms with van der Waals surface area (Å²) in [7, 11) is 1.59. The monoisotopic (exact) mass is 518 g/mol. The maximum atomic E-state index is 12.2. The maximum absolute atomic E-state index is 12.2. The Labute approximate surface area is 219 Å². The molecule has 3 aromatic rings. The SMILES string of the molecule is COc1c(Nc2cc(NC(=O)C3CC3)ncc2C(N)=O)cccc1-c1cnn(C2CCCC23OCCO3)c1. The number of hydrogen-bond acceptors (Lipinski definition) is 8. The molecule has 0 bridgehead atoms. The average Bonchev–Trinajstić information content (AvgIpc) is 3.28. The van der Waals surface area contributed by atoms with Gasteiger partial charge in [-0.05, 0) is 31.7 Å². The Morgan fingerprint density at radius 2 is 1.97 bits per heavy atom. The number of nitrogens with two attached hydrogens (primary N) is 1. The van der Waals surface area contributed by atoms with Crippen molar-refractivity contribution in [3.8, 4) is 16.9 Å². The largest absolute Gasteiger partial charge is 0.494 e. The van der Waals surface area contributed by atoms with Crippen molar-refractivity contribution in [1.29, 1.82) is 0 Å². The van der Waals surface area contributed by atoms with Crippen molar-refractivity contribution in [2.24, 2.45) is 11.7 Å². The number of pyridine rings is 1. The number of benzene rings is 1. The average molecular weight is 519 g/mol. The lowest BCUT2D eigenvalue weighted by molar-refractivity contribution is -0.177. The fraction of sp³-hybridized carbons (Fsp3) is 0.407. The van der Waals surface area contributed by atoms with Crippen LogP contribution in [0.5, 0.6) is 5.75 Å². The zero-order valence-electron chi connectivity index (χ0n) is 21.1. The van der Waals surface area contributed by atoms with Crippen LogP contribution in [0.3, 0.4) is 0 Å². The predicted octanol–water partition coefficient (Wildman–Crippen LogP) is 3.61. The second-order valence-corrected chi connectivity index (χ2v) is 9.88. The molecule has 4 N–H and O–H groups in total. The van der Waals surface area contributed by atoms with E-state index < -0.39 is 11.7 Å². The number of nitrogens with zero attached hydrogens (tertiary/aromatic N) is 3. The molecule has 1 atom stereocenters. The van der Waals surface area contributed by atoms with Crippen molar-refractivity contribution in [3.63, 3.8) is 0 Å². The van der Waals surface area contributed by atoms with Crippen LogP contribution in [0, 0.1) is 5.92 Å². The quantitative estimate of drug-likeness (QED) is 0.410. The fourth-order valence-electron chi connectivity index (χ4n) is 5.34. The van der Waals surface area contributed by atoms with E-state index in [2.05, 4.69) is 20.7 Å². The van der Waals surface area contributed by atoms with Crippen molar-refractivity contribution < 1.29 is 23.8 Å². The Morgan fingerprint density at radius 3 is 2.71 bits per heavy atom. The summed E-state index contributed by atoms with van der Waals surface area (Å²) in [6.45, 7) is 1.20. The topological polar surface area (TPSA) is 143 Å². The molecular formula is C27H30N6O5. The summed E-state index contributed by atoms with van der Waals surface area (Å²) in [5, 5.41) is 10.7. The van der Waals surface area contributed by atoms with Gasteiger partial charge in [-0.25, -0.2) is 4.98 Å². The zero-order chi connectivity index (χ0) is 26.3. The van der Waals surface area contributed by atoms with E-state index in [9.17, 15) is 9.59 Å². The first-order chi connectivity index (χ1) is 18.5. The predicted molar refractivity (Wildman–Crippen MR) is 139 cm³/mol. The lowest BCUT2D eigenvalue weighted by atomic mass is 10.1. The number of methoxy groups -OCH3 is 1. The van der Waals surface area contributed by atoms with E-state index in [0.29, 0.717) is 36.2 Å². The van der Waals surface area contributed by atoms with E-state index >= 15 is 0 Å². The number of carbonyl (C=O) groups excluding carboxylic acids is 2. The van der Waals surface area contributed by atoms with Gasteiger partial charge in [0.2, 0.25) is 5.91 Å². The fourth-order valence-corrected chi connectivity index (χ4v) is 5.34. The lowest BCUT2D eigenvalue weighted by Gasteiger charge is -2.29. The minimum atomic E-state index is -0.640. The van der Waals surface area contributed by atoms with Crippen molar-refractivity contribution in [2.75, 3.05) is 31.0 Å². The summed E-state index contributed by atoms with van der Waals surface area (Å²) >= 11 is 0. The number of carbonyl (C=O) groups is 2. The number of anilines is 3. The number of hydrogen-bond donors (Lipinski definition) is 3. The van der Waals surface area contributed by atoms with E-state index in [1.807, 2.05) is 29.1 Å². The molecule has 1 unspecified atom stereocenters. The van der Waals surface area contributed by atoms with Crippen LogP contribution in [0.1, 0.15) is 48.5 Å². The summed E-state index contributed by atoms with van der Waals surface area (Å²) in [6, 6.07) is 7.28. The van der Waals surface area contributed by atoms with Gasteiger partial charge in [-0.2, -0.15) is 5.10 Å². The van der Waals surface area contributed by atoms with Gasteiger partial charge in [-0.3, -0.25) is 14.3 Å². The van der Waals surface area contributed by atoms with E-state index in [1.54, 1.807) is 19.4 Å². The minimum absolute atomic E-state index is 0.00488. The lowest BCUT2D eigenvalue weighted by Crippen LogP contribution is -2.36. The molecule has 1 aromatic carbocycles. The van der Waals surface area contributed by atoms with Crippen molar-refractivity contribution in [1.82, 2.24) is 14.8 Å². The molecule has 2 aromatic heterocycles. The van der Waals surface area contributed by atoms with Gasteiger partial charge in [0.1, 0.15) is 17.6 Å². The third kappa shape index (κ3) is 4.48. The van der Waals surface area contributed by atoms with Crippen molar-refractivity contribution >= 4 is 29.0 Å². The summed E-state index contributed by atoms with van der Waals surface area (Å²) in [5.41, 5.74) is 8.52. The molecule has 2 aliphatic carbocycles. The van der Waals surface area contributed by atoms with E-state index in [0.717, 1.165) is 43.2 Å². The third-order valence-electron chi connectivity index (χ3n) is 7.38. The summed E-state index contributed by atoms with van der Waals surface area (Å²) in [6.07, 6.45) is 9.69. The standard InChI is InChI=1S/C27H30N6O5/c1-36-24-18(17-13-30-33(15-17)22-6-3-9-27(22)37-10-11-38-27)4-2-5-20(24)31-21-12-23(29-14-19(21)25(28)34)32-26(35)16-7-8-16/h2,4-5,12-16,22H,3,6-11H2,1H3,(H2,28,34)(H2,29,31,32,35). The molecule has 3 aliphatic rings. The van der Waals surface area contributed by atoms with Crippen LogP contribution in [0.4, 0.5) is 17.2 Å². The summed E-state index contributed by atoms with van der Waals surface area (Å²) in [4.78, 5) is 28.6. The van der Waals surface area contributed by atoms with Gasteiger partial charge in [0.25, 0.3) is 5.91 Å². The van der Waals surface area contributed by atoms with Gasteiger partial charge < -0.3 is 30.6 Å². The molecule has 0 radical (unpaired) electrons. The molecule has 1 saturated heterocycles. The Morgan fingerprint density at radius 1 is 1.16 bits per heavy atom. The van der Waals surface area contributed by atoms with Gasteiger partial charge in [-0.1, -0.05) is 12.1 Å². The van der Waals surface area contributed by atoms with E-state index in [4.69, 9.17) is 19.9 Å². The molecular weight excluding hydrogens is 488 g/mol. The highest BCUT2D eigenvalue weighted by atomic mass is 16.7. The molecule has 2 saturated carbocycles. The molecule has 1 aliphatic heterocycles. The first-order valence-corrected chi connectivity index (χ1v) is 12.8. The second kappa shape index (κ2) is 9.73. The highest BCUT2D eigenvalue weighted by Gasteiger charge is 2.49. The van der Waals surface area contributed by atoms with Gasteiger partial charge in [0.15, 0.2) is 5.79 Å². The van der Waals surface area contributed by atoms with Crippen molar-refractivity contribution in [2.45, 2.75) is 43.9 Å². The maximum Gasteiger partial charge on any atom is 0.252 e. The molecule has 1 spiro atoms. The van der Waals surface area contributed by atoms with Crippen LogP contribution in [0.2, 0.25) is 0 Å². The molecule has 11 nitrogen and oxygen atoms in total. The normalized spacial score (nSPS) is 20.0. The van der Waals surface area contributed by atoms with Crippen LogP contribution in [0.25, 0.3) is 11.1 Å². The highest BCUT2D eigenvalue weighted by Crippen LogP contribution is 2.46. The van der Waals surface area contributed by atoms with Gasteiger partial charge in [0.05, 0.1) is 43.5 Å². The summed E-state index contributed by atoms with van der Waals surface area (Å²) < 4.78 is 19.8. The highest BCUT2D eigenvalue weighted by molar-refractivity contribution is 6.01. The number of nitrogens with one attached hydrogen (secondary N) is 2. The smallest absolute Gasteiger partial charge is 0.252 e. The van der Waals surface area contributed by atoms with Crippen LogP contribution in [-0.2, 0) is 14.3 Å². The first-order valence-electron chi connectivity index (χ1n) is 12.8. The van der Waals surface area contributed by atoms with Gasteiger partial charge in [-0.15, -0.1) is 0 Å². The molecule has 3 heterocycles.